The zero-order valence-electron chi connectivity index (χ0n) is 15.1. The third kappa shape index (κ3) is 5.39. The standard InChI is InChI=1S/C17H30N2O5S/c1-25(21,22)11-8-18-5-3-17(4-6-18)12-16(20)19(7-10-24-17)13-15-2-9-23-14-15/h15H,2-14H2,1H3. The minimum absolute atomic E-state index is 0.189. The number of hydrogen-bond acceptors (Lipinski definition) is 6. The van der Waals surface area contributed by atoms with E-state index in [1.54, 1.807) is 0 Å². The number of ether oxygens (including phenoxy) is 2. The summed E-state index contributed by atoms with van der Waals surface area (Å²) in [4.78, 5) is 16.8. The lowest BCUT2D eigenvalue weighted by molar-refractivity contribution is -0.136. The Morgan fingerprint density at radius 3 is 2.60 bits per heavy atom. The highest BCUT2D eigenvalue weighted by Gasteiger charge is 2.41. The first-order valence-corrected chi connectivity index (χ1v) is 11.3. The first-order chi connectivity index (χ1) is 11.9. The Morgan fingerprint density at radius 1 is 1.20 bits per heavy atom. The molecule has 25 heavy (non-hydrogen) atoms. The number of hydrogen-bond donors (Lipinski definition) is 0. The predicted molar refractivity (Wildman–Crippen MR) is 94.2 cm³/mol. The molecule has 3 fully saturated rings. The van der Waals surface area contributed by atoms with Gasteiger partial charge in [-0.3, -0.25) is 4.79 Å². The van der Waals surface area contributed by atoms with Gasteiger partial charge >= 0.3 is 0 Å². The maximum absolute atomic E-state index is 12.7. The van der Waals surface area contributed by atoms with Crippen molar-refractivity contribution in [3.63, 3.8) is 0 Å². The fourth-order valence-electron chi connectivity index (χ4n) is 3.97. The lowest BCUT2D eigenvalue weighted by Crippen LogP contribution is -2.48. The van der Waals surface area contributed by atoms with E-state index in [1.807, 2.05) is 4.90 Å². The SMILES string of the molecule is CS(=O)(=O)CCN1CCC2(CC1)CC(=O)N(CC1CCOC1)CCO2. The van der Waals surface area contributed by atoms with E-state index < -0.39 is 9.84 Å². The van der Waals surface area contributed by atoms with Crippen molar-refractivity contribution in [1.29, 1.82) is 0 Å². The largest absolute Gasteiger partial charge is 0.381 e. The molecule has 0 saturated carbocycles. The van der Waals surface area contributed by atoms with Gasteiger partial charge in [0.05, 0.1) is 31.0 Å². The summed E-state index contributed by atoms with van der Waals surface area (Å²) in [6.07, 6.45) is 4.34. The Bertz CT molecular complexity index is 566. The maximum Gasteiger partial charge on any atom is 0.225 e. The summed E-state index contributed by atoms with van der Waals surface area (Å²) in [5.41, 5.74) is -0.362. The monoisotopic (exact) mass is 374 g/mol. The Balaban J connectivity index is 1.51. The molecule has 1 spiro atoms. The number of amides is 1. The average Bonchev–Trinajstić information content (AvgIpc) is 3.00. The Labute approximate surface area is 150 Å². The Kier molecular flexibility index (Phi) is 6.03. The normalized spacial score (nSPS) is 28.4. The number of sulfone groups is 1. The van der Waals surface area contributed by atoms with Crippen LogP contribution in [0.5, 0.6) is 0 Å². The fraction of sp³-hybridized carbons (Fsp3) is 0.941. The first-order valence-electron chi connectivity index (χ1n) is 9.25. The predicted octanol–water partition coefficient (Wildman–Crippen LogP) is 0.151. The molecule has 3 saturated heterocycles. The van der Waals surface area contributed by atoms with Crippen molar-refractivity contribution >= 4 is 15.7 Å². The van der Waals surface area contributed by atoms with E-state index in [1.165, 1.54) is 6.26 Å². The molecular formula is C17H30N2O5S. The minimum atomic E-state index is -2.93. The fourth-order valence-corrected chi connectivity index (χ4v) is 4.56. The second-order valence-corrected chi connectivity index (χ2v) is 10.0. The van der Waals surface area contributed by atoms with E-state index in [2.05, 4.69) is 4.90 Å². The highest BCUT2D eigenvalue weighted by molar-refractivity contribution is 7.90. The molecular weight excluding hydrogens is 344 g/mol. The molecule has 3 rings (SSSR count). The molecule has 3 aliphatic heterocycles. The molecule has 1 unspecified atom stereocenters. The van der Waals surface area contributed by atoms with Crippen molar-refractivity contribution in [2.45, 2.75) is 31.3 Å². The Morgan fingerprint density at radius 2 is 1.96 bits per heavy atom. The highest BCUT2D eigenvalue weighted by atomic mass is 32.2. The summed E-state index contributed by atoms with van der Waals surface area (Å²) < 4.78 is 34.2. The van der Waals surface area contributed by atoms with Crippen LogP contribution < -0.4 is 0 Å². The van der Waals surface area contributed by atoms with Crippen LogP contribution >= 0.6 is 0 Å². The smallest absolute Gasteiger partial charge is 0.225 e. The van der Waals surface area contributed by atoms with Crippen LogP contribution in [0.3, 0.4) is 0 Å². The van der Waals surface area contributed by atoms with Gasteiger partial charge in [-0.15, -0.1) is 0 Å². The molecule has 0 aromatic carbocycles. The topological polar surface area (TPSA) is 76.2 Å². The molecule has 0 radical (unpaired) electrons. The van der Waals surface area contributed by atoms with Gasteiger partial charge in [0.2, 0.25) is 5.91 Å². The van der Waals surface area contributed by atoms with Crippen LogP contribution in [0.2, 0.25) is 0 Å². The number of carbonyl (C=O) groups is 1. The molecule has 1 atom stereocenters. The van der Waals surface area contributed by atoms with Crippen molar-refractivity contribution in [2.24, 2.45) is 5.92 Å². The summed E-state index contributed by atoms with van der Waals surface area (Å²) in [6, 6.07) is 0. The zero-order chi connectivity index (χ0) is 17.9. The van der Waals surface area contributed by atoms with E-state index in [0.717, 1.165) is 52.1 Å². The third-order valence-electron chi connectivity index (χ3n) is 5.64. The molecule has 1 amide bonds. The van der Waals surface area contributed by atoms with Crippen LogP contribution in [0.15, 0.2) is 0 Å². The van der Waals surface area contributed by atoms with E-state index in [4.69, 9.17) is 9.47 Å². The maximum atomic E-state index is 12.7. The molecule has 0 N–H and O–H groups in total. The van der Waals surface area contributed by atoms with Crippen molar-refractivity contribution in [2.75, 3.05) is 64.6 Å². The van der Waals surface area contributed by atoms with Gasteiger partial charge in [-0.05, 0) is 19.3 Å². The van der Waals surface area contributed by atoms with Crippen molar-refractivity contribution < 1.29 is 22.7 Å². The summed E-state index contributed by atoms with van der Waals surface area (Å²) >= 11 is 0. The summed E-state index contributed by atoms with van der Waals surface area (Å²) in [6.45, 7) is 5.73. The quantitative estimate of drug-likeness (QED) is 0.682. The lowest BCUT2D eigenvalue weighted by atomic mass is 9.87. The second kappa shape index (κ2) is 7.90. The lowest BCUT2D eigenvalue weighted by Gasteiger charge is -2.40. The number of piperidine rings is 1. The molecule has 0 aromatic heterocycles. The van der Waals surface area contributed by atoms with Gasteiger partial charge in [0, 0.05) is 51.5 Å². The van der Waals surface area contributed by atoms with Crippen LogP contribution in [0, 0.1) is 5.92 Å². The van der Waals surface area contributed by atoms with Crippen molar-refractivity contribution in [3.8, 4) is 0 Å². The number of likely N-dealkylation sites (tertiary alicyclic amines) is 1. The van der Waals surface area contributed by atoms with Crippen LogP contribution in [0.4, 0.5) is 0 Å². The van der Waals surface area contributed by atoms with E-state index in [-0.39, 0.29) is 17.3 Å². The van der Waals surface area contributed by atoms with Crippen LogP contribution in [-0.4, -0.2) is 94.3 Å². The summed E-state index contributed by atoms with van der Waals surface area (Å²) in [7, 11) is -2.93. The van der Waals surface area contributed by atoms with Gasteiger partial charge in [0.25, 0.3) is 0 Å². The third-order valence-corrected chi connectivity index (χ3v) is 6.57. The molecule has 0 aliphatic carbocycles. The van der Waals surface area contributed by atoms with Crippen LogP contribution in [0.25, 0.3) is 0 Å². The zero-order valence-corrected chi connectivity index (χ0v) is 15.9. The van der Waals surface area contributed by atoms with Gasteiger partial charge in [0.1, 0.15) is 9.84 Å². The summed E-state index contributed by atoms with van der Waals surface area (Å²) in [5.74, 6) is 0.835. The van der Waals surface area contributed by atoms with Crippen molar-refractivity contribution in [1.82, 2.24) is 9.80 Å². The van der Waals surface area contributed by atoms with Gasteiger partial charge < -0.3 is 19.3 Å². The van der Waals surface area contributed by atoms with E-state index in [9.17, 15) is 13.2 Å². The molecule has 144 valence electrons. The van der Waals surface area contributed by atoms with Crippen LogP contribution in [-0.2, 0) is 24.1 Å². The molecule has 7 nitrogen and oxygen atoms in total. The minimum Gasteiger partial charge on any atom is -0.381 e. The average molecular weight is 375 g/mol. The molecule has 3 heterocycles. The second-order valence-electron chi connectivity index (χ2n) is 7.75. The first kappa shape index (κ1) is 19.1. The van der Waals surface area contributed by atoms with Gasteiger partial charge in [-0.2, -0.15) is 0 Å². The molecule has 3 aliphatic rings. The number of carbonyl (C=O) groups excluding carboxylic acids is 1. The Hall–Kier alpha value is -0.700. The van der Waals surface area contributed by atoms with Gasteiger partial charge in [-0.25, -0.2) is 8.42 Å². The van der Waals surface area contributed by atoms with Gasteiger partial charge in [0.15, 0.2) is 0 Å². The highest BCUT2D eigenvalue weighted by Crippen LogP contribution is 2.32. The molecule has 0 aromatic rings. The van der Waals surface area contributed by atoms with E-state index >= 15 is 0 Å². The van der Waals surface area contributed by atoms with Gasteiger partial charge in [-0.1, -0.05) is 0 Å². The molecule has 8 heteroatoms. The number of rotatable bonds is 5. The van der Waals surface area contributed by atoms with Crippen molar-refractivity contribution in [3.05, 3.63) is 0 Å². The summed E-state index contributed by atoms with van der Waals surface area (Å²) in [5, 5.41) is 0. The molecule has 0 bridgehead atoms. The number of nitrogens with zero attached hydrogens (tertiary/aromatic N) is 2. The van der Waals surface area contributed by atoms with Crippen LogP contribution in [0.1, 0.15) is 25.7 Å². The van der Waals surface area contributed by atoms with E-state index in [0.29, 0.717) is 32.0 Å².